The van der Waals surface area contributed by atoms with Crippen LogP contribution in [0.15, 0.2) is 87.8 Å². The van der Waals surface area contributed by atoms with E-state index in [0.717, 1.165) is 5.56 Å². The van der Waals surface area contributed by atoms with Gasteiger partial charge in [0.25, 0.3) is 10.0 Å². The second-order valence-electron chi connectivity index (χ2n) is 7.33. The molecule has 3 aromatic carbocycles. The van der Waals surface area contributed by atoms with E-state index in [2.05, 4.69) is 9.71 Å². The maximum atomic E-state index is 13.1. The Morgan fingerprint density at radius 1 is 0.903 bits per heavy atom. The van der Waals surface area contributed by atoms with Crippen molar-refractivity contribution in [3.8, 4) is 5.75 Å². The van der Waals surface area contributed by atoms with E-state index in [1.165, 1.54) is 18.2 Å². The molecule has 31 heavy (non-hydrogen) atoms. The highest BCUT2D eigenvalue weighted by Gasteiger charge is 2.26. The van der Waals surface area contributed by atoms with Gasteiger partial charge in [-0.3, -0.25) is 4.79 Å². The molecule has 3 aromatic rings. The molecule has 1 aliphatic carbocycles. The van der Waals surface area contributed by atoms with Crippen LogP contribution in [0.4, 0.5) is 5.69 Å². The SMILES string of the molecule is Cc1ccc(S(=O)(=O)N=C2C=C(Nc3ccc(O)cc3)C(=O)c3ccccc32)c(C)c1. The number of nitrogens with one attached hydrogen (secondary N) is 1. The number of phenolic OH excluding ortho intramolecular Hbond substituents is 1. The number of benzene rings is 3. The first-order chi connectivity index (χ1) is 14.7. The minimum atomic E-state index is -4.00. The highest BCUT2D eigenvalue weighted by molar-refractivity contribution is 7.90. The zero-order valence-electron chi connectivity index (χ0n) is 17.0. The molecule has 0 unspecified atom stereocenters. The Bertz CT molecular complexity index is 1350. The molecule has 1 aliphatic rings. The average molecular weight is 433 g/mol. The largest absolute Gasteiger partial charge is 0.508 e. The number of aryl methyl sites for hydroxylation is 2. The molecular weight excluding hydrogens is 412 g/mol. The number of hydrogen-bond acceptors (Lipinski definition) is 5. The quantitative estimate of drug-likeness (QED) is 0.597. The summed E-state index contributed by atoms with van der Waals surface area (Å²) in [6.07, 6.45) is 1.44. The van der Waals surface area contributed by atoms with E-state index in [9.17, 15) is 18.3 Å². The van der Waals surface area contributed by atoms with Crippen molar-refractivity contribution in [3.05, 3.63) is 101 Å². The summed E-state index contributed by atoms with van der Waals surface area (Å²) in [5.41, 5.74) is 3.33. The Hall–Kier alpha value is -3.71. The number of carbonyl (C=O) groups is 1. The van der Waals surface area contributed by atoms with E-state index in [1.54, 1.807) is 61.5 Å². The maximum absolute atomic E-state index is 13.1. The fourth-order valence-corrected chi connectivity index (χ4v) is 4.68. The number of carbonyl (C=O) groups excluding carboxylic acids is 1. The third kappa shape index (κ3) is 4.13. The second-order valence-corrected chi connectivity index (χ2v) is 8.90. The van der Waals surface area contributed by atoms with Crippen LogP contribution in [-0.2, 0) is 10.0 Å². The van der Waals surface area contributed by atoms with Crippen LogP contribution >= 0.6 is 0 Å². The van der Waals surface area contributed by atoms with E-state index in [1.807, 2.05) is 6.92 Å². The number of Topliss-reactive ketones (excluding diaryl/α,β-unsaturated/α-hetero) is 1. The zero-order valence-corrected chi connectivity index (χ0v) is 17.8. The van der Waals surface area contributed by atoms with Gasteiger partial charge < -0.3 is 10.4 Å². The van der Waals surface area contributed by atoms with E-state index in [-0.39, 0.29) is 27.8 Å². The number of fused-ring (bicyclic) bond motifs is 1. The number of aromatic hydroxyl groups is 1. The molecule has 0 atom stereocenters. The number of ketones is 1. The fraction of sp³-hybridized carbons (Fsp3) is 0.0833. The van der Waals surface area contributed by atoms with Gasteiger partial charge in [-0.15, -0.1) is 0 Å². The van der Waals surface area contributed by atoms with Gasteiger partial charge in [-0.25, -0.2) is 0 Å². The lowest BCUT2D eigenvalue weighted by Crippen LogP contribution is -2.22. The molecule has 156 valence electrons. The average Bonchev–Trinajstić information content (AvgIpc) is 2.72. The summed E-state index contributed by atoms with van der Waals surface area (Å²) in [7, 11) is -4.00. The van der Waals surface area contributed by atoms with Crippen LogP contribution in [0.3, 0.4) is 0 Å². The number of phenols is 1. The van der Waals surface area contributed by atoms with Gasteiger partial charge in [0.05, 0.1) is 16.3 Å². The standard InChI is InChI=1S/C24H20N2O4S/c1-15-7-12-23(16(2)13-15)31(29,30)26-21-14-22(25-17-8-10-18(27)11-9-17)24(28)20-6-4-3-5-19(20)21/h3-14,25,27H,1-2H3. The molecule has 0 aliphatic heterocycles. The van der Waals surface area contributed by atoms with Gasteiger partial charge in [0.2, 0.25) is 5.78 Å². The van der Waals surface area contributed by atoms with Crippen molar-refractivity contribution in [3.63, 3.8) is 0 Å². The Labute approximate surface area is 180 Å². The van der Waals surface area contributed by atoms with Gasteiger partial charge in [0, 0.05) is 16.8 Å². The molecule has 0 radical (unpaired) electrons. The predicted octanol–water partition coefficient (Wildman–Crippen LogP) is 4.38. The van der Waals surface area contributed by atoms with Crippen LogP contribution in [0.25, 0.3) is 0 Å². The maximum Gasteiger partial charge on any atom is 0.283 e. The summed E-state index contributed by atoms with van der Waals surface area (Å²) in [5, 5.41) is 12.5. The smallest absolute Gasteiger partial charge is 0.283 e. The molecule has 0 aromatic heterocycles. The number of allylic oxidation sites excluding steroid dienone is 2. The van der Waals surface area contributed by atoms with Gasteiger partial charge in [-0.05, 0) is 55.8 Å². The summed E-state index contributed by atoms with van der Waals surface area (Å²) >= 11 is 0. The van der Waals surface area contributed by atoms with Gasteiger partial charge >= 0.3 is 0 Å². The van der Waals surface area contributed by atoms with Crippen molar-refractivity contribution in [2.24, 2.45) is 4.40 Å². The summed E-state index contributed by atoms with van der Waals surface area (Å²) in [4.78, 5) is 13.1. The highest BCUT2D eigenvalue weighted by Crippen LogP contribution is 2.26. The first kappa shape index (κ1) is 20.6. The van der Waals surface area contributed by atoms with Gasteiger partial charge in [0.15, 0.2) is 0 Å². The fourth-order valence-electron chi connectivity index (χ4n) is 3.47. The first-order valence-corrected chi connectivity index (χ1v) is 11.0. The Morgan fingerprint density at radius 2 is 1.58 bits per heavy atom. The number of sulfonamides is 1. The molecule has 0 fully saturated rings. The molecular formula is C24H20N2O4S. The molecule has 0 amide bonds. The molecule has 6 nitrogen and oxygen atoms in total. The van der Waals surface area contributed by atoms with Gasteiger partial charge in [-0.1, -0.05) is 42.0 Å². The molecule has 2 N–H and O–H groups in total. The number of rotatable bonds is 4. The first-order valence-electron chi connectivity index (χ1n) is 9.59. The van der Waals surface area contributed by atoms with Crippen LogP contribution in [0.2, 0.25) is 0 Å². The lowest BCUT2D eigenvalue weighted by Gasteiger charge is -2.19. The molecule has 0 spiro atoms. The summed E-state index contributed by atoms with van der Waals surface area (Å²) in [5.74, 6) is -0.173. The summed E-state index contributed by atoms with van der Waals surface area (Å²) in [6.45, 7) is 3.62. The minimum absolute atomic E-state index is 0.0988. The molecule has 0 saturated heterocycles. The van der Waals surface area contributed by atoms with E-state index in [4.69, 9.17) is 0 Å². The van der Waals surface area contributed by atoms with Crippen molar-refractivity contribution in [1.82, 2.24) is 0 Å². The third-order valence-electron chi connectivity index (χ3n) is 4.95. The highest BCUT2D eigenvalue weighted by atomic mass is 32.2. The second kappa shape index (κ2) is 7.85. The third-order valence-corrected chi connectivity index (χ3v) is 6.40. The molecule has 7 heteroatoms. The normalized spacial score (nSPS) is 14.8. The number of anilines is 1. The summed E-state index contributed by atoms with van der Waals surface area (Å²) < 4.78 is 30.2. The zero-order chi connectivity index (χ0) is 22.2. The monoisotopic (exact) mass is 432 g/mol. The number of nitrogens with zero attached hydrogens (tertiary/aromatic N) is 1. The summed E-state index contributed by atoms with van der Waals surface area (Å²) in [6, 6.07) is 18.1. The Kier molecular flexibility index (Phi) is 5.20. The van der Waals surface area contributed by atoms with Crippen molar-refractivity contribution >= 4 is 27.2 Å². The molecule has 0 heterocycles. The van der Waals surface area contributed by atoms with Crippen molar-refractivity contribution < 1.29 is 18.3 Å². The van der Waals surface area contributed by atoms with Crippen LogP contribution in [0.1, 0.15) is 27.0 Å². The Balaban J connectivity index is 1.82. The molecule has 0 saturated carbocycles. The van der Waals surface area contributed by atoms with Crippen LogP contribution in [0, 0.1) is 13.8 Å². The van der Waals surface area contributed by atoms with Crippen molar-refractivity contribution in [2.45, 2.75) is 18.7 Å². The van der Waals surface area contributed by atoms with Crippen LogP contribution in [-0.4, -0.2) is 25.0 Å². The minimum Gasteiger partial charge on any atom is -0.508 e. The van der Waals surface area contributed by atoms with Crippen LogP contribution < -0.4 is 5.32 Å². The topological polar surface area (TPSA) is 95.8 Å². The number of hydrogen-bond donors (Lipinski definition) is 2. The predicted molar refractivity (Wildman–Crippen MR) is 120 cm³/mol. The van der Waals surface area contributed by atoms with Gasteiger partial charge in [0.1, 0.15) is 5.75 Å². The molecule has 4 rings (SSSR count). The lowest BCUT2D eigenvalue weighted by molar-refractivity contribution is 0.103. The van der Waals surface area contributed by atoms with Crippen LogP contribution in [0.5, 0.6) is 5.75 Å². The molecule has 0 bridgehead atoms. The van der Waals surface area contributed by atoms with E-state index >= 15 is 0 Å². The van der Waals surface area contributed by atoms with E-state index in [0.29, 0.717) is 22.4 Å². The lowest BCUT2D eigenvalue weighted by atomic mass is 9.92. The Morgan fingerprint density at radius 3 is 2.26 bits per heavy atom. The van der Waals surface area contributed by atoms with Crippen molar-refractivity contribution in [2.75, 3.05) is 5.32 Å². The van der Waals surface area contributed by atoms with Crippen molar-refractivity contribution in [1.29, 1.82) is 0 Å². The van der Waals surface area contributed by atoms with Gasteiger partial charge in [-0.2, -0.15) is 12.8 Å². The van der Waals surface area contributed by atoms with E-state index < -0.39 is 10.0 Å².